The molecule has 1 rings (SSSR count). The second-order valence-corrected chi connectivity index (χ2v) is 4.17. The molecule has 1 atom stereocenters. The predicted molar refractivity (Wildman–Crippen MR) is 74.5 cm³/mol. The van der Waals surface area contributed by atoms with Gasteiger partial charge in [-0.15, -0.1) is 5.73 Å². The van der Waals surface area contributed by atoms with Gasteiger partial charge >= 0.3 is 5.97 Å². The molecule has 0 amide bonds. The van der Waals surface area contributed by atoms with Crippen LogP contribution in [0.5, 0.6) is 0 Å². The summed E-state index contributed by atoms with van der Waals surface area (Å²) >= 11 is 0. The van der Waals surface area contributed by atoms with Crippen LogP contribution in [0.15, 0.2) is 48.2 Å². The van der Waals surface area contributed by atoms with Gasteiger partial charge in [0.1, 0.15) is 6.10 Å². The molecule has 19 heavy (non-hydrogen) atoms. The maximum absolute atomic E-state index is 11.2. The van der Waals surface area contributed by atoms with Crippen LogP contribution in [0, 0.1) is 0 Å². The van der Waals surface area contributed by atoms with Gasteiger partial charge in [0.2, 0.25) is 0 Å². The Morgan fingerprint density at radius 3 is 2.63 bits per heavy atom. The van der Waals surface area contributed by atoms with Crippen LogP contribution in [0.4, 0.5) is 0 Å². The molecule has 0 saturated heterocycles. The van der Waals surface area contributed by atoms with Crippen LogP contribution in [-0.4, -0.2) is 17.7 Å². The lowest BCUT2D eigenvalue weighted by atomic mass is 9.98. The number of rotatable bonds is 7. The molecule has 3 nitrogen and oxygen atoms in total. The minimum atomic E-state index is -0.708. The highest BCUT2D eigenvalue weighted by Gasteiger charge is 2.13. The summed E-state index contributed by atoms with van der Waals surface area (Å²) in [6, 6.07) is 9.35. The van der Waals surface area contributed by atoms with Crippen LogP contribution in [0.2, 0.25) is 0 Å². The Hall–Kier alpha value is -1.83. The van der Waals surface area contributed by atoms with Crippen molar-refractivity contribution in [3.63, 3.8) is 0 Å². The first kappa shape index (κ1) is 15.2. The van der Waals surface area contributed by atoms with Crippen molar-refractivity contribution in [2.24, 2.45) is 0 Å². The molecule has 0 aromatic heterocycles. The van der Waals surface area contributed by atoms with Crippen molar-refractivity contribution in [3.05, 3.63) is 53.8 Å². The molecule has 0 saturated carbocycles. The number of aliphatic hydroxyl groups excluding tert-OH is 1. The zero-order valence-electron chi connectivity index (χ0n) is 11.3. The highest BCUT2D eigenvalue weighted by Crippen LogP contribution is 2.24. The normalized spacial score (nSPS) is 11.5. The average molecular weight is 260 g/mol. The zero-order chi connectivity index (χ0) is 14.1. The summed E-state index contributed by atoms with van der Waals surface area (Å²) in [5, 5.41) is 10.2. The topological polar surface area (TPSA) is 46.5 Å². The van der Waals surface area contributed by atoms with Crippen molar-refractivity contribution < 1.29 is 14.6 Å². The first-order valence-corrected chi connectivity index (χ1v) is 6.46. The van der Waals surface area contributed by atoms with Crippen LogP contribution >= 0.6 is 0 Å². The van der Waals surface area contributed by atoms with Gasteiger partial charge in [0.05, 0.1) is 6.61 Å². The third kappa shape index (κ3) is 5.12. The summed E-state index contributed by atoms with van der Waals surface area (Å²) in [6.45, 7) is 5.79. The largest absolute Gasteiger partial charge is 0.466 e. The molecule has 0 bridgehead atoms. The van der Waals surface area contributed by atoms with E-state index in [1.807, 2.05) is 30.3 Å². The number of carbonyl (C=O) groups excluding carboxylic acids is 1. The minimum Gasteiger partial charge on any atom is -0.466 e. The van der Waals surface area contributed by atoms with Crippen molar-refractivity contribution in [1.29, 1.82) is 0 Å². The molecule has 102 valence electrons. The summed E-state index contributed by atoms with van der Waals surface area (Å²) in [7, 11) is 0. The lowest BCUT2D eigenvalue weighted by Crippen LogP contribution is -2.05. The third-order valence-electron chi connectivity index (χ3n) is 2.80. The Bertz CT molecular complexity index is 444. The number of carbonyl (C=O) groups is 1. The molecule has 0 aliphatic carbocycles. The van der Waals surface area contributed by atoms with Gasteiger partial charge in [-0.25, -0.2) is 0 Å². The summed E-state index contributed by atoms with van der Waals surface area (Å²) in [5.74, 6) is -0.208. The van der Waals surface area contributed by atoms with E-state index in [1.54, 1.807) is 6.92 Å². The van der Waals surface area contributed by atoms with Crippen LogP contribution in [0.3, 0.4) is 0 Å². The van der Waals surface area contributed by atoms with E-state index in [1.165, 1.54) is 0 Å². The van der Waals surface area contributed by atoms with E-state index >= 15 is 0 Å². The van der Waals surface area contributed by atoms with Crippen molar-refractivity contribution in [2.75, 3.05) is 6.61 Å². The summed E-state index contributed by atoms with van der Waals surface area (Å²) in [6.07, 6.45) is 0.848. The maximum atomic E-state index is 11.2. The van der Waals surface area contributed by atoms with Gasteiger partial charge in [0.15, 0.2) is 0 Å². The molecule has 0 spiro atoms. The van der Waals surface area contributed by atoms with Gasteiger partial charge in [-0.1, -0.05) is 36.9 Å². The van der Waals surface area contributed by atoms with Gasteiger partial charge in [0.25, 0.3) is 0 Å². The van der Waals surface area contributed by atoms with Crippen molar-refractivity contribution in [3.8, 4) is 0 Å². The number of hydrogen-bond donors (Lipinski definition) is 1. The SMILES string of the molecule is C=C=C(CCCC(=O)OCC)[C@@H](O)c1ccccc1. The van der Waals surface area contributed by atoms with E-state index < -0.39 is 6.10 Å². The molecule has 1 aromatic carbocycles. The minimum absolute atomic E-state index is 0.208. The van der Waals surface area contributed by atoms with Gasteiger partial charge in [-0.3, -0.25) is 4.79 Å². The molecule has 0 heterocycles. The highest BCUT2D eigenvalue weighted by atomic mass is 16.5. The van der Waals surface area contributed by atoms with Crippen molar-refractivity contribution >= 4 is 5.97 Å². The molecular weight excluding hydrogens is 240 g/mol. The fraction of sp³-hybridized carbons (Fsp3) is 0.375. The summed E-state index contributed by atoms with van der Waals surface area (Å²) < 4.78 is 4.86. The van der Waals surface area contributed by atoms with E-state index in [-0.39, 0.29) is 5.97 Å². The lowest BCUT2D eigenvalue weighted by Gasteiger charge is -2.13. The number of esters is 1. The quantitative estimate of drug-likeness (QED) is 0.605. The molecule has 0 aliphatic heterocycles. The Balaban J connectivity index is 2.51. The average Bonchev–Trinajstić information content (AvgIpc) is 2.44. The second kappa shape index (κ2) is 8.30. The fourth-order valence-electron chi connectivity index (χ4n) is 1.81. The molecule has 0 unspecified atom stereocenters. The molecule has 1 N–H and O–H groups in total. The summed E-state index contributed by atoms with van der Waals surface area (Å²) in [4.78, 5) is 11.2. The van der Waals surface area contributed by atoms with Crippen molar-refractivity contribution in [2.45, 2.75) is 32.3 Å². The Labute approximate surface area is 114 Å². The van der Waals surface area contributed by atoms with Gasteiger partial charge in [0, 0.05) is 12.0 Å². The molecule has 0 radical (unpaired) electrons. The van der Waals surface area contributed by atoms with Crippen LogP contribution < -0.4 is 0 Å². The van der Waals surface area contributed by atoms with E-state index in [4.69, 9.17) is 4.74 Å². The highest BCUT2D eigenvalue weighted by molar-refractivity contribution is 5.69. The van der Waals surface area contributed by atoms with E-state index in [9.17, 15) is 9.90 Å². The predicted octanol–water partition coefficient (Wildman–Crippen LogP) is 3.16. The van der Waals surface area contributed by atoms with E-state index in [0.29, 0.717) is 31.4 Å². The monoisotopic (exact) mass is 260 g/mol. The zero-order valence-corrected chi connectivity index (χ0v) is 11.3. The molecular formula is C16H20O3. The molecule has 0 aliphatic rings. The van der Waals surface area contributed by atoms with E-state index in [2.05, 4.69) is 12.3 Å². The smallest absolute Gasteiger partial charge is 0.305 e. The van der Waals surface area contributed by atoms with Crippen LogP contribution in [0.1, 0.15) is 37.9 Å². The first-order valence-electron chi connectivity index (χ1n) is 6.46. The number of hydrogen-bond acceptors (Lipinski definition) is 3. The first-order chi connectivity index (χ1) is 9.19. The van der Waals surface area contributed by atoms with E-state index in [0.717, 1.165) is 5.56 Å². The van der Waals surface area contributed by atoms with Gasteiger partial charge in [-0.2, -0.15) is 0 Å². The van der Waals surface area contributed by atoms with Gasteiger partial charge < -0.3 is 9.84 Å². The molecule has 0 fully saturated rings. The number of aliphatic hydroxyl groups is 1. The number of benzene rings is 1. The fourth-order valence-corrected chi connectivity index (χ4v) is 1.81. The maximum Gasteiger partial charge on any atom is 0.305 e. The number of ether oxygens (including phenoxy) is 1. The Morgan fingerprint density at radius 1 is 1.37 bits per heavy atom. The molecule has 3 heteroatoms. The van der Waals surface area contributed by atoms with Gasteiger partial charge in [-0.05, 0) is 25.3 Å². The van der Waals surface area contributed by atoms with Crippen LogP contribution in [-0.2, 0) is 9.53 Å². The second-order valence-electron chi connectivity index (χ2n) is 4.17. The standard InChI is InChI=1S/C16H20O3/c1-3-13(11-8-12-15(17)19-4-2)16(18)14-9-6-5-7-10-14/h5-7,9-10,16,18H,1,4,8,11-12H2,2H3/t16-/m1/s1. The summed E-state index contributed by atoms with van der Waals surface area (Å²) in [5.41, 5.74) is 4.28. The Morgan fingerprint density at radius 2 is 2.05 bits per heavy atom. The van der Waals surface area contributed by atoms with Crippen LogP contribution in [0.25, 0.3) is 0 Å². The van der Waals surface area contributed by atoms with Crippen molar-refractivity contribution in [1.82, 2.24) is 0 Å². The molecule has 1 aromatic rings. The Kier molecular flexibility index (Phi) is 6.65. The lowest BCUT2D eigenvalue weighted by molar-refractivity contribution is -0.143. The third-order valence-corrected chi connectivity index (χ3v) is 2.80.